The van der Waals surface area contributed by atoms with Crippen LogP contribution in [-0.2, 0) is 11.2 Å². The topological polar surface area (TPSA) is 38.3 Å². The lowest BCUT2D eigenvalue weighted by atomic mass is 9.79. The standard InChI is InChI=1S/C13H18BF3NO2/c1-13(2,3)20-12(19)18-8-7-10-5-4-6-11(9-10)14(15,16)17/h4-6,9H,7-8H2,1-3H3,(H,18,19)/q-1. The molecule has 112 valence electrons. The zero-order valence-electron chi connectivity index (χ0n) is 11.8. The summed E-state index contributed by atoms with van der Waals surface area (Å²) in [6.45, 7) is 0.448. The molecule has 0 aliphatic rings. The van der Waals surface area contributed by atoms with E-state index < -0.39 is 24.1 Å². The predicted molar refractivity (Wildman–Crippen MR) is 73.1 cm³/mol. The normalized spacial score (nSPS) is 12.1. The Hall–Kier alpha value is -1.66. The van der Waals surface area contributed by atoms with Gasteiger partial charge in [-0.15, -0.1) is 5.46 Å². The van der Waals surface area contributed by atoms with Gasteiger partial charge in [0.25, 0.3) is 0 Å². The van der Waals surface area contributed by atoms with Gasteiger partial charge in [0.15, 0.2) is 0 Å². The van der Waals surface area contributed by atoms with Gasteiger partial charge in [0.05, 0.1) is 0 Å². The molecule has 1 N–H and O–H groups in total. The molecule has 0 saturated heterocycles. The van der Waals surface area contributed by atoms with Gasteiger partial charge in [0.1, 0.15) is 5.60 Å². The van der Waals surface area contributed by atoms with Gasteiger partial charge in [-0.3, -0.25) is 0 Å². The molecule has 3 nitrogen and oxygen atoms in total. The summed E-state index contributed by atoms with van der Waals surface area (Å²) >= 11 is 0. The van der Waals surface area contributed by atoms with E-state index in [-0.39, 0.29) is 6.54 Å². The number of rotatable bonds is 4. The molecular weight excluding hydrogens is 270 g/mol. The molecule has 1 rings (SSSR count). The molecule has 0 bridgehead atoms. The number of carbonyl (C=O) groups excluding carboxylic acids is 1. The minimum atomic E-state index is -4.99. The molecule has 0 unspecified atom stereocenters. The van der Waals surface area contributed by atoms with Crippen LogP contribution >= 0.6 is 0 Å². The molecule has 0 aliphatic carbocycles. The van der Waals surface area contributed by atoms with E-state index in [0.717, 1.165) is 12.1 Å². The van der Waals surface area contributed by atoms with Gasteiger partial charge in [0, 0.05) is 6.54 Å². The summed E-state index contributed by atoms with van der Waals surface area (Å²) in [5.41, 5.74) is -0.694. The van der Waals surface area contributed by atoms with Crippen LogP contribution in [0, 0.1) is 0 Å². The average Bonchev–Trinajstić information content (AvgIpc) is 2.25. The van der Waals surface area contributed by atoms with Gasteiger partial charge in [-0.2, -0.15) is 0 Å². The van der Waals surface area contributed by atoms with Crippen LogP contribution in [-0.4, -0.2) is 25.2 Å². The second-order valence-electron chi connectivity index (χ2n) is 5.50. The molecule has 0 saturated carbocycles. The van der Waals surface area contributed by atoms with Crippen LogP contribution in [0.1, 0.15) is 26.3 Å². The molecule has 0 aliphatic heterocycles. The van der Waals surface area contributed by atoms with Crippen molar-refractivity contribution in [2.75, 3.05) is 6.54 Å². The number of nitrogens with one attached hydrogen (secondary N) is 1. The van der Waals surface area contributed by atoms with Gasteiger partial charge in [-0.25, -0.2) is 4.79 Å². The fourth-order valence-electron chi connectivity index (χ4n) is 1.58. The maximum Gasteiger partial charge on any atom is 0.509 e. The van der Waals surface area contributed by atoms with Crippen LogP contribution < -0.4 is 10.8 Å². The van der Waals surface area contributed by atoms with Crippen molar-refractivity contribution in [2.45, 2.75) is 32.8 Å². The fraction of sp³-hybridized carbons (Fsp3) is 0.462. The van der Waals surface area contributed by atoms with Crippen LogP contribution in [0.15, 0.2) is 24.3 Å². The average molecular weight is 288 g/mol. The quantitative estimate of drug-likeness (QED) is 0.865. The Morgan fingerprint density at radius 1 is 1.30 bits per heavy atom. The molecule has 20 heavy (non-hydrogen) atoms. The van der Waals surface area contributed by atoms with Crippen molar-refractivity contribution in [2.24, 2.45) is 0 Å². The predicted octanol–water partition coefficient (Wildman–Crippen LogP) is 2.81. The third-order valence-electron chi connectivity index (χ3n) is 2.41. The van der Waals surface area contributed by atoms with E-state index >= 15 is 0 Å². The summed E-state index contributed by atoms with van der Waals surface area (Å²) in [6, 6.07) is 5.12. The number of benzene rings is 1. The Morgan fingerprint density at radius 3 is 2.50 bits per heavy atom. The van der Waals surface area contributed by atoms with Crippen molar-refractivity contribution in [3.8, 4) is 0 Å². The Kier molecular flexibility index (Phi) is 5.08. The largest absolute Gasteiger partial charge is 0.509 e. The lowest BCUT2D eigenvalue weighted by molar-refractivity contribution is 0.0528. The molecule has 0 fully saturated rings. The first kappa shape index (κ1) is 16.4. The van der Waals surface area contributed by atoms with E-state index in [1.165, 1.54) is 6.07 Å². The van der Waals surface area contributed by atoms with Crippen molar-refractivity contribution in [3.63, 3.8) is 0 Å². The van der Waals surface area contributed by atoms with Crippen molar-refractivity contribution < 1.29 is 22.5 Å². The van der Waals surface area contributed by atoms with E-state index in [1.54, 1.807) is 26.8 Å². The summed E-state index contributed by atoms with van der Waals surface area (Å²) < 4.78 is 42.8. The number of carbonyl (C=O) groups is 1. The molecule has 0 heterocycles. The summed E-state index contributed by atoms with van der Waals surface area (Å²) in [5.74, 6) is 0. The van der Waals surface area contributed by atoms with Gasteiger partial charge in [0.2, 0.25) is 0 Å². The Morgan fingerprint density at radius 2 is 1.95 bits per heavy atom. The Bertz CT molecular complexity index is 469. The summed E-state index contributed by atoms with van der Waals surface area (Å²) in [5, 5.41) is 2.51. The van der Waals surface area contributed by atoms with E-state index in [9.17, 15) is 17.7 Å². The maximum atomic E-state index is 12.6. The van der Waals surface area contributed by atoms with Crippen LogP contribution in [0.4, 0.5) is 17.7 Å². The number of ether oxygens (including phenoxy) is 1. The highest BCUT2D eigenvalue weighted by molar-refractivity contribution is 6.73. The summed E-state index contributed by atoms with van der Waals surface area (Å²) in [4.78, 5) is 11.4. The minimum Gasteiger partial charge on any atom is -0.445 e. The van der Waals surface area contributed by atoms with E-state index in [4.69, 9.17) is 4.74 Å². The van der Waals surface area contributed by atoms with Crippen LogP contribution in [0.5, 0.6) is 0 Å². The summed E-state index contributed by atoms with van der Waals surface area (Å²) in [6.07, 6.45) is -0.257. The van der Waals surface area contributed by atoms with Gasteiger partial charge >= 0.3 is 13.1 Å². The Balaban J connectivity index is 2.49. The number of alkyl carbamates (subject to hydrolysis) is 1. The fourth-order valence-corrected chi connectivity index (χ4v) is 1.58. The van der Waals surface area contributed by atoms with Crippen LogP contribution in [0.3, 0.4) is 0 Å². The molecule has 0 radical (unpaired) electrons. The van der Waals surface area contributed by atoms with E-state index in [1.807, 2.05) is 0 Å². The SMILES string of the molecule is CC(C)(C)OC(=O)NCCc1cccc([B-](F)(F)F)c1. The van der Waals surface area contributed by atoms with E-state index in [0.29, 0.717) is 12.0 Å². The third kappa shape index (κ3) is 5.99. The number of halogens is 3. The van der Waals surface area contributed by atoms with Gasteiger partial charge in [-0.1, -0.05) is 24.3 Å². The second kappa shape index (κ2) is 6.20. The zero-order chi connectivity index (χ0) is 15.4. The highest BCUT2D eigenvalue weighted by atomic mass is 19.4. The van der Waals surface area contributed by atoms with E-state index in [2.05, 4.69) is 5.32 Å². The third-order valence-corrected chi connectivity index (χ3v) is 2.41. The molecule has 0 aromatic heterocycles. The van der Waals surface area contributed by atoms with Crippen molar-refractivity contribution in [1.29, 1.82) is 0 Å². The number of hydrogen-bond donors (Lipinski definition) is 1. The monoisotopic (exact) mass is 288 g/mol. The number of hydrogen-bond acceptors (Lipinski definition) is 2. The lowest BCUT2D eigenvalue weighted by Gasteiger charge is -2.20. The van der Waals surface area contributed by atoms with Crippen molar-refractivity contribution in [3.05, 3.63) is 29.8 Å². The molecule has 1 amide bonds. The molecule has 7 heteroatoms. The minimum absolute atomic E-state index is 0.225. The smallest absolute Gasteiger partial charge is 0.445 e. The second-order valence-corrected chi connectivity index (χ2v) is 5.50. The highest BCUT2D eigenvalue weighted by Crippen LogP contribution is 2.10. The Labute approximate surface area is 116 Å². The zero-order valence-corrected chi connectivity index (χ0v) is 11.8. The van der Waals surface area contributed by atoms with Gasteiger partial charge in [-0.05, 0) is 32.8 Å². The molecule has 0 spiro atoms. The maximum absolute atomic E-state index is 12.6. The highest BCUT2D eigenvalue weighted by Gasteiger charge is 2.25. The van der Waals surface area contributed by atoms with Crippen molar-refractivity contribution >= 4 is 18.5 Å². The molecular formula is C13H18BF3NO2-. The lowest BCUT2D eigenvalue weighted by Crippen LogP contribution is -2.35. The van der Waals surface area contributed by atoms with Crippen molar-refractivity contribution in [1.82, 2.24) is 5.32 Å². The number of amides is 1. The first-order valence-electron chi connectivity index (χ1n) is 6.33. The van der Waals surface area contributed by atoms with Crippen LogP contribution in [0.2, 0.25) is 0 Å². The molecule has 1 aromatic carbocycles. The molecule has 0 atom stereocenters. The molecule has 1 aromatic rings. The van der Waals surface area contributed by atoms with Gasteiger partial charge < -0.3 is 23.0 Å². The van der Waals surface area contributed by atoms with Crippen LogP contribution in [0.25, 0.3) is 0 Å². The first-order valence-corrected chi connectivity index (χ1v) is 6.33. The first-order chi connectivity index (χ1) is 9.08. The summed E-state index contributed by atoms with van der Waals surface area (Å²) in [7, 11) is 0.